The van der Waals surface area contributed by atoms with Gasteiger partial charge in [-0.3, -0.25) is 0 Å². The van der Waals surface area contributed by atoms with Gasteiger partial charge in [0.1, 0.15) is 6.67 Å². The summed E-state index contributed by atoms with van der Waals surface area (Å²) in [5.74, 6) is 1.41. The fraction of sp³-hybridized carbons (Fsp3) is 0.125. The van der Waals surface area contributed by atoms with Crippen LogP contribution in [0.2, 0.25) is 0 Å². The molecule has 4 rings (SSSR count). The lowest BCUT2D eigenvalue weighted by Gasteiger charge is -1.99. The van der Waals surface area contributed by atoms with Gasteiger partial charge in [0.2, 0.25) is 0 Å². The Morgan fingerprint density at radius 1 is 0.808 bits per heavy atom. The van der Waals surface area contributed by atoms with E-state index in [2.05, 4.69) is 46.5 Å². The van der Waals surface area contributed by atoms with E-state index in [0.29, 0.717) is 11.4 Å². The average molecular weight is 417 g/mol. The molecule has 0 aliphatic rings. The molecule has 8 nitrogen and oxygen atoms in total. The minimum Gasteiger partial charge on any atom is -0.246 e. The van der Waals surface area contributed by atoms with Gasteiger partial charge in [0, 0.05) is 23.3 Å². The first-order valence-electron chi connectivity index (χ1n) is 7.55. The number of alkyl halides is 2. The first kappa shape index (κ1) is 17.8. The monoisotopic (exact) mass is 416 g/mol. The van der Waals surface area contributed by atoms with Crippen molar-refractivity contribution in [3.63, 3.8) is 0 Å². The Bertz CT molecular complexity index is 815. The van der Waals surface area contributed by atoms with Gasteiger partial charge >= 0.3 is 0 Å². The molecule has 0 N–H and O–H groups in total. The molecule has 0 spiro atoms. The summed E-state index contributed by atoms with van der Waals surface area (Å²) >= 11 is 3.36. The van der Waals surface area contributed by atoms with Crippen LogP contribution in [-0.4, -0.2) is 40.0 Å². The van der Waals surface area contributed by atoms with Crippen LogP contribution in [0.15, 0.2) is 61.4 Å². The van der Waals surface area contributed by atoms with Crippen molar-refractivity contribution in [3.05, 3.63) is 72.6 Å². The average Bonchev–Trinajstić information content (AvgIpc) is 3.43. The van der Waals surface area contributed by atoms with Gasteiger partial charge in [0.05, 0.1) is 24.8 Å². The standard InChI is InChI=1S/C8H7BrN4.C8H7FN4/c2*9-5-7-1-2-8(10-6-7)13-4-3-11-12-13/h2*1-4,6H,5H2. The molecule has 0 saturated heterocycles. The summed E-state index contributed by atoms with van der Waals surface area (Å²) in [6.07, 6.45) is 9.92. The molecule has 0 atom stereocenters. The van der Waals surface area contributed by atoms with E-state index in [1.165, 1.54) is 10.9 Å². The van der Waals surface area contributed by atoms with E-state index in [-0.39, 0.29) is 0 Å². The molecule has 4 aromatic heterocycles. The Morgan fingerprint density at radius 3 is 1.69 bits per heavy atom. The minimum atomic E-state index is -0.495. The molecule has 0 unspecified atom stereocenters. The molecule has 4 heterocycles. The lowest BCUT2D eigenvalue weighted by molar-refractivity contribution is 0.484. The topological polar surface area (TPSA) is 87.2 Å². The highest BCUT2D eigenvalue weighted by Gasteiger charge is 1.98. The summed E-state index contributed by atoms with van der Waals surface area (Å²) in [6.45, 7) is -0.495. The van der Waals surface area contributed by atoms with Gasteiger partial charge in [-0.25, -0.2) is 23.7 Å². The lowest BCUT2D eigenvalue weighted by atomic mass is 10.3. The second-order valence-corrected chi connectivity index (χ2v) is 5.57. The van der Waals surface area contributed by atoms with Crippen LogP contribution < -0.4 is 0 Å². The number of aromatic nitrogens is 8. The summed E-state index contributed by atoms with van der Waals surface area (Å²) in [6, 6.07) is 7.28. The van der Waals surface area contributed by atoms with Crippen LogP contribution in [-0.2, 0) is 12.0 Å². The highest BCUT2D eigenvalue weighted by Crippen LogP contribution is 2.07. The van der Waals surface area contributed by atoms with Gasteiger partial charge in [-0.2, -0.15) is 0 Å². The van der Waals surface area contributed by atoms with Crippen molar-refractivity contribution in [3.8, 4) is 11.6 Å². The maximum Gasteiger partial charge on any atom is 0.155 e. The fourth-order valence-electron chi connectivity index (χ4n) is 1.92. The molecular weight excluding hydrogens is 403 g/mol. The highest BCUT2D eigenvalue weighted by molar-refractivity contribution is 9.08. The number of pyridine rings is 2. The molecule has 0 aromatic carbocycles. The molecule has 0 aliphatic heterocycles. The Hall–Kier alpha value is -3.01. The summed E-state index contributed by atoms with van der Waals surface area (Å²) in [5, 5.41) is 15.7. The number of nitrogens with zero attached hydrogens (tertiary/aromatic N) is 8. The molecule has 10 heteroatoms. The smallest absolute Gasteiger partial charge is 0.155 e. The van der Waals surface area contributed by atoms with Gasteiger partial charge in [0.25, 0.3) is 0 Å². The van der Waals surface area contributed by atoms with E-state index < -0.39 is 6.67 Å². The first-order chi connectivity index (χ1) is 12.8. The van der Waals surface area contributed by atoms with Crippen molar-refractivity contribution in [2.24, 2.45) is 0 Å². The Balaban J connectivity index is 0.000000151. The van der Waals surface area contributed by atoms with Crippen molar-refractivity contribution in [2.75, 3.05) is 0 Å². The molecule has 0 fully saturated rings. The second kappa shape index (κ2) is 8.90. The van der Waals surface area contributed by atoms with E-state index in [9.17, 15) is 4.39 Å². The zero-order valence-corrected chi connectivity index (χ0v) is 15.1. The van der Waals surface area contributed by atoms with E-state index in [4.69, 9.17) is 0 Å². The molecule has 0 radical (unpaired) electrons. The molecule has 0 bridgehead atoms. The third-order valence-electron chi connectivity index (χ3n) is 3.24. The molecule has 0 saturated carbocycles. The minimum absolute atomic E-state index is 0.495. The van der Waals surface area contributed by atoms with E-state index in [1.54, 1.807) is 41.6 Å². The maximum atomic E-state index is 12.1. The highest BCUT2D eigenvalue weighted by atomic mass is 79.9. The van der Waals surface area contributed by atoms with Gasteiger partial charge in [-0.05, 0) is 17.7 Å². The van der Waals surface area contributed by atoms with E-state index >= 15 is 0 Å². The number of rotatable bonds is 4. The van der Waals surface area contributed by atoms with Gasteiger partial charge in [0.15, 0.2) is 11.6 Å². The maximum absolute atomic E-state index is 12.1. The Morgan fingerprint density at radius 2 is 1.35 bits per heavy atom. The quantitative estimate of drug-likeness (QED) is 0.475. The normalized spacial score (nSPS) is 10.2. The zero-order valence-electron chi connectivity index (χ0n) is 13.5. The van der Waals surface area contributed by atoms with E-state index in [1.807, 2.05) is 18.3 Å². The number of hydrogen-bond donors (Lipinski definition) is 0. The van der Waals surface area contributed by atoms with Crippen LogP contribution in [0.3, 0.4) is 0 Å². The largest absolute Gasteiger partial charge is 0.246 e. The van der Waals surface area contributed by atoms with Gasteiger partial charge in [-0.1, -0.05) is 38.5 Å². The molecule has 132 valence electrons. The molecule has 0 amide bonds. The fourth-order valence-corrected chi connectivity index (χ4v) is 2.26. The predicted molar refractivity (Wildman–Crippen MR) is 95.8 cm³/mol. The van der Waals surface area contributed by atoms with Crippen molar-refractivity contribution in [1.29, 1.82) is 0 Å². The van der Waals surface area contributed by atoms with Crippen molar-refractivity contribution in [1.82, 2.24) is 40.0 Å². The number of hydrogen-bond acceptors (Lipinski definition) is 6. The molecule has 0 aliphatic carbocycles. The summed E-state index contributed by atoms with van der Waals surface area (Å²) in [4.78, 5) is 8.23. The van der Waals surface area contributed by atoms with Crippen LogP contribution in [0.5, 0.6) is 0 Å². The van der Waals surface area contributed by atoms with Crippen LogP contribution in [0.4, 0.5) is 4.39 Å². The van der Waals surface area contributed by atoms with Gasteiger partial charge < -0.3 is 0 Å². The number of halogens is 2. The molecular formula is C16H14BrFN8. The van der Waals surface area contributed by atoms with Crippen LogP contribution in [0.1, 0.15) is 11.1 Å². The molecule has 4 aromatic rings. The summed E-state index contributed by atoms with van der Waals surface area (Å²) in [7, 11) is 0. The zero-order chi connectivity index (χ0) is 18.2. The van der Waals surface area contributed by atoms with Gasteiger partial charge in [-0.15, -0.1) is 10.2 Å². The van der Waals surface area contributed by atoms with Crippen molar-refractivity contribution < 1.29 is 4.39 Å². The first-order valence-corrected chi connectivity index (χ1v) is 8.67. The summed E-state index contributed by atoms with van der Waals surface area (Å²) < 4.78 is 15.3. The van der Waals surface area contributed by atoms with Crippen LogP contribution in [0.25, 0.3) is 11.6 Å². The van der Waals surface area contributed by atoms with Crippen LogP contribution >= 0.6 is 15.9 Å². The Kier molecular flexibility index (Phi) is 6.09. The second-order valence-electron chi connectivity index (χ2n) is 5.01. The third kappa shape index (κ3) is 4.54. The van der Waals surface area contributed by atoms with Crippen molar-refractivity contribution in [2.45, 2.75) is 12.0 Å². The Labute approximate surface area is 156 Å². The summed E-state index contributed by atoms with van der Waals surface area (Å²) in [5.41, 5.74) is 1.70. The van der Waals surface area contributed by atoms with E-state index in [0.717, 1.165) is 16.7 Å². The SMILES string of the molecule is BrCc1ccc(-n2ccnn2)nc1.FCc1ccc(-n2ccnn2)nc1. The van der Waals surface area contributed by atoms with Crippen molar-refractivity contribution >= 4 is 15.9 Å². The van der Waals surface area contributed by atoms with Crippen LogP contribution in [0, 0.1) is 0 Å². The molecule has 26 heavy (non-hydrogen) atoms. The predicted octanol–water partition coefficient (Wildman–Crippen LogP) is 2.69. The third-order valence-corrected chi connectivity index (χ3v) is 3.89. The lowest BCUT2D eigenvalue weighted by Crippen LogP contribution is -1.98.